The van der Waals surface area contributed by atoms with Gasteiger partial charge in [0.05, 0.1) is 11.1 Å². The molecule has 21 heavy (non-hydrogen) atoms. The summed E-state index contributed by atoms with van der Waals surface area (Å²) in [6, 6.07) is 10.7. The van der Waals surface area contributed by atoms with Crippen molar-refractivity contribution in [1.29, 1.82) is 0 Å². The Morgan fingerprint density at radius 1 is 1.00 bits per heavy atom. The Bertz CT molecular complexity index is 764. The molecule has 6 heteroatoms. The van der Waals surface area contributed by atoms with Gasteiger partial charge in [0.15, 0.2) is 0 Å². The molecule has 3 nitrogen and oxygen atoms in total. The lowest BCUT2D eigenvalue weighted by atomic mass is 10.0. The Labute approximate surface area is 117 Å². The molecule has 3 rings (SSSR count). The van der Waals surface area contributed by atoms with Crippen LogP contribution in [0.1, 0.15) is 21.5 Å². The van der Waals surface area contributed by atoms with Gasteiger partial charge in [0.1, 0.15) is 5.56 Å². The van der Waals surface area contributed by atoms with Crippen molar-refractivity contribution in [2.24, 2.45) is 0 Å². The lowest BCUT2D eigenvalue weighted by molar-refractivity contribution is -0.355. The summed E-state index contributed by atoms with van der Waals surface area (Å²) in [5, 5.41) is 12.1. The average molecular weight is 291 g/mol. The van der Waals surface area contributed by atoms with Crippen molar-refractivity contribution in [3.8, 4) is 0 Å². The van der Waals surface area contributed by atoms with Crippen LogP contribution in [0.15, 0.2) is 48.5 Å². The van der Waals surface area contributed by atoms with Crippen LogP contribution in [-0.4, -0.2) is 16.2 Å². The molecule has 0 spiro atoms. The van der Waals surface area contributed by atoms with E-state index in [1.807, 2.05) is 0 Å². The van der Waals surface area contributed by atoms with Crippen LogP contribution in [0.3, 0.4) is 0 Å². The number of nitrogens with zero attached hydrogens (tertiary/aromatic N) is 1. The number of rotatable bonds is 1. The number of ketones is 1. The third kappa shape index (κ3) is 2.08. The van der Waals surface area contributed by atoms with E-state index < -0.39 is 17.5 Å². The Balaban J connectivity index is 2.14. The molecule has 0 N–H and O–H groups in total. The fraction of sp³-hybridized carbons (Fsp3) is 0.0667. The second-order valence-corrected chi connectivity index (χ2v) is 4.57. The highest BCUT2D eigenvalue weighted by Gasteiger charge is 2.39. The normalized spacial score (nSPS) is 14.5. The minimum atomic E-state index is -4.56. The number of fused-ring (bicyclic) bond motifs is 1. The third-order valence-corrected chi connectivity index (χ3v) is 3.25. The zero-order valence-corrected chi connectivity index (χ0v) is 10.5. The molecular weight excluding hydrogens is 283 g/mol. The molecule has 0 aromatic heterocycles. The van der Waals surface area contributed by atoms with Crippen LogP contribution < -0.4 is 0 Å². The Morgan fingerprint density at radius 2 is 1.67 bits per heavy atom. The zero-order valence-electron chi connectivity index (χ0n) is 10.5. The van der Waals surface area contributed by atoms with Crippen molar-refractivity contribution in [1.82, 2.24) is 0 Å². The second kappa shape index (κ2) is 4.44. The van der Waals surface area contributed by atoms with Crippen LogP contribution in [0.2, 0.25) is 0 Å². The van der Waals surface area contributed by atoms with E-state index >= 15 is 0 Å². The van der Waals surface area contributed by atoms with E-state index in [1.165, 1.54) is 0 Å². The van der Waals surface area contributed by atoms with Crippen molar-refractivity contribution < 1.29 is 22.7 Å². The van der Waals surface area contributed by atoms with E-state index in [0.29, 0.717) is 10.3 Å². The minimum absolute atomic E-state index is 0.0631. The highest BCUT2D eigenvalue weighted by Crippen LogP contribution is 2.35. The topological polar surface area (TPSA) is 43.1 Å². The molecular formula is C15H8F3NO2. The van der Waals surface area contributed by atoms with Crippen molar-refractivity contribution >= 4 is 17.2 Å². The minimum Gasteiger partial charge on any atom is -0.618 e. The molecule has 0 atom stereocenters. The van der Waals surface area contributed by atoms with Crippen LogP contribution in [0.25, 0.3) is 0 Å². The van der Waals surface area contributed by atoms with Crippen LogP contribution in [0.5, 0.6) is 0 Å². The average Bonchev–Trinajstić information content (AvgIpc) is 2.70. The summed E-state index contributed by atoms with van der Waals surface area (Å²) in [7, 11) is 0. The lowest BCUT2D eigenvalue weighted by Crippen LogP contribution is -2.16. The van der Waals surface area contributed by atoms with Gasteiger partial charge in [-0.2, -0.15) is 17.9 Å². The molecule has 0 fully saturated rings. The number of hydrogen-bond acceptors (Lipinski definition) is 2. The molecule has 0 bridgehead atoms. The Kier molecular flexibility index (Phi) is 2.83. The summed E-state index contributed by atoms with van der Waals surface area (Å²) >= 11 is 0. The van der Waals surface area contributed by atoms with Crippen molar-refractivity contribution in [2.75, 3.05) is 0 Å². The highest BCUT2D eigenvalue weighted by atomic mass is 19.4. The van der Waals surface area contributed by atoms with Gasteiger partial charge in [-0.1, -0.05) is 18.2 Å². The van der Waals surface area contributed by atoms with E-state index in [4.69, 9.17) is 0 Å². The fourth-order valence-electron chi connectivity index (χ4n) is 2.26. The van der Waals surface area contributed by atoms with Crippen LogP contribution in [0, 0.1) is 5.21 Å². The molecule has 2 aromatic carbocycles. The van der Waals surface area contributed by atoms with Gasteiger partial charge in [-0.25, -0.2) is 0 Å². The molecule has 0 aliphatic carbocycles. The maximum absolute atomic E-state index is 12.7. The number of hydrogen-bond donors (Lipinski definition) is 0. The largest absolute Gasteiger partial charge is 0.618 e. The molecule has 106 valence electrons. The van der Waals surface area contributed by atoms with Gasteiger partial charge in [0.25, 0.3) is 11.5 Å². The van der Waals surface area contributed by atoms with Gasteiger partial charge in [-0.15, -0.1) is 0 Å². The number of Topliss-reactive ketones (excluding diaryl/α,β-unsaturated/α-hetero) is 1. The molecule has 0 radical (unpaired) electrons. The molecule has 0 saturated carbocycles. The first-order valence-electron chi connectivity index (χ1n) is 6.05. The molecule has 2 aromatic rings. The predicted molar refractivity (Wildman–Crippen MR) is 69.6 cm³/mol. The Morgan fingerprint density at radius 3 is 2.29 bits per heavy atom. The maximum atomic E-state index is 12.7. The van der Waals surface area contributed by atoms with Crippen LogP contribution in [0.4, 0.5) is 18.9 Å². The quantitative estimate of drug-likeness (QED) is 0.596. The predicted octanol–water partition coefficient (Wildman–Crippen LogP) is 3.53. The van der Waals surface area contributed by atoms with Gasteiger partial charge in [0.2, 0.25) is 5.69 Å². The zero-order chi connectivity index (χ0) is 15.2. The van der Waals surface area contributed by atoms with E-state index in [-0.39, 0.29) is 17.0 Å². The highest BCUT2D eigenvalue weighted by molar-refractivity contribution is 6.52. The van der Waals surface area contributed by atoms with Gasteiger partial charge >= 0.3 is 6.18 Å². The van der Waals surface area contributed by atoms with E-state index in [0.717, 1.165) is 18.2 Å². The third-order valence-electron chi connectivity index (χ3n) is 3.25. The van der Waals surface area contributed by atoms with Crippen molar-refractivity contribution in [3.63, 3.8) is 0 Å². The van der Waals surface area contributed by atoms with Crippen LogP contribution in [-0.2, 0) is 6.18 Å². The van der Waals surface area contributed by atoms with Gasteiger partial charge < -0.3 is 5.21 Å². The van der Waals surface area contributed by atoms with Crippen molar-refractivity contribution in [3.05, 3.63) is 70.4 Å². The van der Waals surface area contributed by atoms with E-state index in [2.05, 4.69) is 0 Å². The summed E-state index contributed by atoms with van der Waals surface area (Å²) in [5.41, 5.74) is -1.02. The smallest absolute Gasteiger partial charge is 0.416 e. The molecule has 0 unspecified atom stereocenters. The first-order chi connectivity index (χ1) is 9.89. The number of halogens is 3. The summed E-state index contributed by atoms with van der Waals surface area (Å²) in [6.07, 6.45) is -4.56. The molecule has 0 saturated heterocycles. The Hall–Kier alpha value is -2.63. The van der Waals surface area contributed by atoms with Crippen LogP contribution >= 0.6 is 0 Å². The summed E-state index contributed by atoms with van der Waals surface area (Å²) < 4.78 is 38.5. The standard InChI is InChI=1S/C15H8F3NO2/c16-15(17,18)10-6-7-12-11(8-10)14(20)13(19(12)21)9-4-2-1-3-5-9/h1-8H. The van der Waals surface area contributed by atoms with E-state index in [9.17, 15) is 23.2 Å². The fourth-order valence-corrected chi connectivity index (χ4v) is 2.26. The molecule has 1 aliphatic heterocycles. The monoisotopic (exact) mass is 291 g/mol. The van der Waals surface area contributed by atoms with E-state index in [1.54, 1.807) is 30.3 Å². The van der Waals surface area contributed by atoms with Gasteiger partial charge in [-0.05, 0) is 24.3 Å². The number of carbonyl (C=O) groups excluding carboxylic acids is 1. The number of alkyl halides is 3. The summed E-state index contributed by atoms with van der Waals surface area (Å²) in [6.45, 7) is 0. The van der Waals surface area contributed by atoms with Crippen molar-refractivity contribution in [2.45, 2.75) is 6.18 Å². The summed E-state index contributed by atoms with van der Waals surface area (Å²) in [4.78, 5) is 12.2. The maximum Gasteiger partial charge on any atom is 0.416 e. The first kappa shape index (κ1) is 13.4. The SMILES string of the molecule is O=C1C(c2ccccc2)=[N+]([O-])c2ccc(C(F)(F)F)cc21. The summed E-state index contributed by atoms with van der Waals surface area (Å²) in [5.74, 6) is -0.697. The van der Waals surface area contributed by atoms with Gasteiger partial charge in [0, 0.05) is 6.07 Å². The first-order valence-corrected chi connectivity index (χ1v) is 6.05. The molecule has 1 heterocycles. The second-order valence-electron chi connectivity index (χ2n) is 4.57. The van der Waals surface area contributed by atoms with Gasteiger partial charge in [-0.3, -0.25) is 4.79 Å². The number of benzene rings is 2. The lowest BCUT2D eigenvalue weighted by Gasteiger charge is -2.06. The number of carbonyl (C=O) groups is 1. The molecule has 0 amide bonds. The molecule has 1 aliphatic rings.